The molecule has 0 saturated carbocycles. The van der Waals surface area contributed by atoms with Gasteiger partial charge in [0, 0.05) is 19.7 Å². The molecule has 132 valence electrons. The van der Waals surface area contributed by atoms with E-state index >= 15 is 0 Å². The second-order valence-corrected chi connectivity index (χ2v) is 6.80. The van der Waals surface area contributed by atoms with Gasteiger partial charge in [0.05, 0.1) is 12.7 Å². The number of carbonyl (C=O) groups is 1. The molecule has 1 aromatic rings. The Labute approximate surface area is 143 Å². The van der Waals surface area contributed by atoms with Gasteiger partial charge in [0.15, 0.2) is 0 Å². The summed E-state index contributed by atoms with van der Waals surface area (Å²) in [4.78, 5) is 14.4. The molecule has 24 heavy (non-hydrogen) atoms. The molecule has 0 bridgehead atoms. The van der Waals surface area contributed by atoms with Crippen molar-refractivity contribution < 1.29 is 19.4 Å². The van der Waals surface area contributed by atoms with Crippen LogP contribution in [0.1, 0.15) is 44.1 Å². The molecule has 0 aliphatic carbocycles. The van der Waals surface area contributed by atoms with Gasteiger partial charge in [-0.3, -0.25) is 4.79 Å². The molecule has 2 atom stereocenters. The Morgan fingerprint density at radius 1 is 1.29 bits per heavy atom. The lowest BCUT2D eigenvalue weighted by Crippen LogP contribution is -2.44. The van der Waals surface area contributed by atoms with Crippen LogP contribution in [0.5, 0.6) is 5.75 Å². The third-order valence-electron chi connectivity index (χ3n) is 5.07. The van der Waals surface area contributed by atoms with Crippen LogP contribution >= 0.6 is 0 Å². The summed E-state index contributed by atoms with van der Waals surface area (Å²) in [5.74, 6) is 0.832. The van der Waals surface area contributed by atoms with Crippen LogP contribution in [-0.4, -0.2) is 54.4 Å². The zero-order valence-electron chi connectivity index (χ0n) is 14.3. The van der Waals surface area contributed by atoms with E-state index in [0.29, 0.717) is 18.3 Å². The number of hydrogen-bond donors (Lipinski definition) is 1. The fraction of sp³-hybridized carbons (Fsp3) is 0.632. The van der Waals surface area contributed by atoms with E-state index in [2.05, 4.69) is 0 Å². The maximum atomic E-state index is 12.5. The summed E-state index contributed by atoms with van der Waals surface area (Å²) < 4.78 is 11.3. The SMILES string of the molecule is C[C@H](OC[C@H]1CCCO1)C(=O)N1CCC(c2ccc(O)cc2)CC1. The highest BCUT2D eigenvalue weighted by Gasteiger charge is 2.28. The molecule has 1 amide bonds. The van der Waals surface area contributed by atoms with E-state index in [9.17, 15) is 9.90 Å². The Hall–Kier alpha value is -1.59. The molecule has 0 unspecified atom stereocenters. The van der Waals surface area contributed by atoms with E-state index in [1.807, 2.05) is 24.0 Å². The number of likely N-dealkylation sites (tertiary alicyclic amines) is 1. The van der Waals surface area contributed by atoms with Gasteiger partial charge in [-0.1, -0.05) is 12.1 Å². The summed E-state index contributed by atoms with van der Waals surface area (Å²) in [5.41, 5.74) is 1.24. The Kier molecular flexibility index (Phi) is 5.74. The fourth-order valence-electron chi connectivity index (χ4n) is 3.54. The van der Waals surface area contributed by atoms with Gasteiger partial charge in [0.1, 0.15) is 11.9 Å². The first-order chi connectivity index (χ1) is 11.6. The predicted octanol–water partition coefficient (Wildman–Crippen LogP) is 2.68. The number of ether oxygens (including phenoxy) is 2. The predicted molar refractivity (Wildman–Crippen MR) is 91.0 cm³/mol. The molecule has 2 aliphatic rings. The topological polar surface area (TPSA) is 59.0 Å². The van der Waals surface area contributed by atoms with Crippen LogP contribution < -0.4 is 0 Å². The zero-order chi connectivity index (χ0) is 16.9. The molecule has 0 aromatic heterocycles. The van der Waals surface area contributed by atoms with E-state index in [1.54, 1.807) is 12.1 Å². The van der Waals surface area contributed by atoms with Crippen LogP contribution in [0, 0.1) is 0 Å². The summed E-state index contributed by atoms with van der Waals surface area (Å²) in [6.07, 6.45) is 3.77. The second kappa shape index (κ2) is 7.99. The van der Waals surface area contributed by atoms with Crippen molar-refractivity contribution in [3.63, 3.8) is 0 Å². The average Bonchev–Trinajstić information content (AvgIpc) is 3.13. The number of piperidine rings is 1. The highest BCUT2D eigenvalue weighted by Crippen LogP contribution is 2.29. The van der Waals surface area contributed by atoms with Crippen LogP contribution in [0.15, 0.2) is 24.3 Å². The van der Waals surface area contributed by atoms with Gasteiger partial charge in [-0.2, -0.15) is 0 Å². The molecule has 0 radical (unpaired) electrons. The van der Waals surface area contributed by atoms with Gasteiger partial charge in [0.25, 0.3) is 5.91 Å². The van der Waals surface area contributed by atoms with Gasteiger partial charge in [-0.05, 0) is 56.2 Å². The molecule has 2 aliphatic heterocycles. The molecule has 2 heterocycles. The molecule has 3 rings (SSSR count). The van der Waals surface area contributed by atoms with Crippen molar-refractivity contribution in [3.8, 4) is 5.75 Å². The number of carbonyl (C=O) groups excluding carboxylic acids is 1. The number of phenols is 1. The molecule has 1 N–H and O–H groups in total. The first-order valence-electron chi connectivity index (χ1n) is 8.94. The highest BCUT2D eigenvalue weighted by atomic mass is 16.5. The standard InChI is InChI=1S/C19H27NO4/c1-14(24-13-18-3-2-12-23-18)19(22)20-10-8-16(9-11-20)15-4-6-17(21)7-5-15/h4-7,14,16,18,21H,2-3,8-13H2,1H3/t14-,18+/m0/s1. The van der Waals surface area contributed by atoms with Crippen molar-refractivity contribution in [2.24, 2.45) is 0 Å². The van der Waals surface area contributed by atoms with Gasteiger partial charge >= 0.3 is 0 Å². The van der Waals surface area contributed by atoms with E-state index in [4.69, 9.17) is 9.47 Å². The number of nitrogens with zero attached hydrogens (tertiary/aromatic N) is 1. The minimum Gasteiger partial charge on any atom is -0.508 e. The summed E-state index contributed by atoms with van der Waals surface area (Å²) in [6, 6.07) is 7.41. The van der Waals surface area contributed by atoms with Crippen molar-refractivity contribution in [2.45, 2.75) is 50.7 Å². The van der Waals surface area contributed by atoms with Crippen molar-refractivity contribution in [3.05, 3.63) is 29.8 Å². The molecule has 0 spiro atoms. The smallest absolute Gasteiger partial charge is 0.251 e. The lowest BCUT2D eigenvalue weighted by atomic mass is 9.89. The maximum Gasteiger partial charge on any atom is 0.251 e. The van der Waals surface area contributed by atoms with Crippen LogP contribution in [0.3, 0.4) is 0 Å². The van der Waals surface area contributed by atoms with E-state index in [1.165, 1.54) is 5.56 Å². The second-order valence-electron chi connectivity index (χ2n) is 6.80. The van der Waals surface area contributed by atoms with Gasteiger partial charge in [-0.25, -0.2) is 0 Å². The van der Waals surface area contributed by atoms with E-state index < -0.39 is 6.10 Å². The van der Waals surface area contributed by atoms with Crippen LogP contribution in [0.2, 0.25) is 0 Å². The largest absolute Gasteiger partial charge is 0.508 e. The Bertz CT molecular complexity index is 531. The van der Waals surface area contributed by atoms with E-state index in [0.717, 1.165) is 45.4 Å². The van der Waals surface area contributed by atoms with Crippen LogP contribution in [0.25, 0.3) is 0 Å². The minimum atomic E-state index is -0.403. The number of amides is 1. The van der Waals surface area contributed by atoms with Gasteiger partial charge < -0.3 is 19.5 Å². The zero-order valence-corrected chi connectivity index (χ0v) is 14.3. The Morgan fingerprint density at radius 2 is 2.00 bits per heavy atom. The Balaban J connectivity index is 1.44. The molecule has 1 aromatic carbocycles. The minimum absolute atomic E-state index is 0.0807. The number of phenolic OH excluding ortho intramolecular Hbond substituents is 1. The molecular weight excluding hydrogens is 306 g/mol. The molecule has 5 heteroatoms. The van der Waals surface area contributed by atoms with Crippen molar-refractivity contribution >= 4 is 5.91 Å². The normalized spacial score (nSPS) is 23.4. The maximum absolute atomic E-state index is 12.5. The molecular formula is C19H27NO4. The summed E-state index contributed by atoms with van der Waals surface area (Å²) in [5, 5.41) is 9.38. The van der Waals surface area contributed by atoms with Crippen molar-refractivity contribution in [1.29, 1.82) is 0 Å². The molecule has 2 saturated heterocycles. The van der Waals surface area contributed by atoms with E-state index in [-0.39, 0.29) is 12.0 Å². The third kappa shape index (κ3) is 4.28. The number of rotatable bonds is 5. The fourth-order valence-corrected chi connectivity index (χ4v) is 3.54. The molecule has 2 fully saturated rings. The number of aromatic hydroxyl groups is 1. The van der Waals surface area contributed by atoms with Gasteiger partial charge in [-0.15, -0.1) is 0 Å². The molecule has 5 nitrogen and oxygen atoms in total. The number of benzene rings is 1. The summed E-state index contributed by atoms with van der Waals surface area (Å²) in [7, 11) is 0. The summed E-state index contributed by atoms with van der Waals surface area (Å²) >= 11 is 0. The number of hydrogen-bond acceptors (Lipinski definition) is 4. The van der Waals surface area contributed by atoms with Crippen molar-refractivity contribution in [2.75, 3.05) is 26.3 Å². The quantitative estimate of drug-likeness (QED) is 0.900. The first kappa shape index (κ1) is 17.2. The van der Waals surface area contributed by atoms with Crippen molar-refractivity contribution in [1.82, 2.24) is 4.90 Å². The average molecular weight is 333 g/mol. The lowest BCUT2D eigenvalue weighted by molar-refractivity contribution is -0.145. The lowest BCUT2D eigenvalue weighted by Gasteiger charge is -2.34. The summed E-state index contributed by atoms with van der Waals surface area (Å²) in [6.45, 7) is 4.68. The van der Waals surface area contributed by atoms with Gasteiger partial charge in [0.2, 0.25) is 0 Å². The van der Waals surface area contributed by atoms with Crippen LogP contribution in [-0.2, 0) is 14.3 Å². The third-order valence-corrected chi connectivity index (χ3v) is 5.07. The first-order valence-corrected chi connectivity index (χ1v) is 8.94. The Morgan fingerprint density at radius 3 is 2.62 bits per heavy atom. The van der Waals surface area contributed by atoms with Crippen LogP contribution in [0.4, 0.5) is 0 Å². The monoisotopic (exact) mass is 333 g/mol. The highest BCUT2D eigenvalue weighted by molar-refractivity contribution is 5.80.